The maximum absolute atomic E-state index is 10.9. The third kappa shape index (κ3) is 4.25. The van der Waals surface area contributed by atoms with E-state index < -0.39 is 5.97 Å². The van der Waals surface area contributed by atoms with Crippen molar-refractivity contribution in [2.24, 2.45) is 5.92 Å². The number of carbonyl (C=O) groups is 1. The van der Waals surface area contributed by atoms with Crippen LogP contribution >= 0.6 is 11.8 Å². The molecule has 1 aliphatic rings. The topological polar surface area (TPSA) is 46.5 Å². The number of hydrogen-bond donors (Lipinski definition) is 1. The van der Waals surface area contributed by atoms with E-state index in [1.807, 2.05) is 0 Å². The maximum atomic E-state index is 10.9. The van der Waals surface area contributed by atoms with E-state index in [0.29, 0.717) is 6.61 Å². The van der Waals surface area contributed by atoms with Gasteiger partial charge in [0.25, 0.3) is 0 Å². The maximum Gasteiger partial charge on any atom is 0.306 e. The molecule has 0 spiro atoms. The summed E-state index contributed by atoms with van der Waals surface area (Å²) in [6.07, 6.45) is 5.49. The van der Waals surface area contributed by atoms with Crippen LogP contribution in [0.15, 0.2) is 29.2 Å². The lowest BCUT2D eigenvalue weighted by Crippen LogP contribution is -2.25. The largest absolute Gasteiger partial charge is 0.481 e. The molecular formula is C15H20O3S. The first-order valence-electron chi connectivity index (χ1n) is 6.66. The fourth-order valence-electron chi connectivity index (χ4n) is 2.41. The number of carboxylic acid groups (broad SMARTS) is 1. The number of ether oxygens (including phenoxy) is 1. The summed E-state index contributed by atoms with van der Waals surface area (Å²) in [6.45, 7) is 0.622. The number of hydrogen-bond acceptors (Lipinski definition) is 3. The van der Waals surface area contributed by atoms with E-state index in [2.05, 4.69) is 30.5 Å². The highest BCUT2D eigenvalue weighted by atomic mass is 32.2. The Morgan fingerprint density at radius 2 is 1.89 bits per heavy atom. The molecule has 0 aromatic heterocycles. The van der Waals surface area contributed by atoms with E-state index in [1.54, 1.807) is 11.8 Å². The Bertz CT molecular complexity index is 408. The molecule has 0 heterocycles. The summed E-state index contributed by atoms with van der Waals surface area (Å²) in [5, 5.41) is 8.94. The molecule has 0 bridgehead atoms. The zero-order valence-electron chi connectivity index (χ0n) is 11.2. The van der Waals surface area contributed by atoms with Crippen molar-refractivity contribution in [3.05, 3.63) is 29.8 Å². The van der Waals surface area contributed by atoms with E-state index in [1.165, 1.54) is 10.5 Å². The van der Waals surface area contributed by atoms with Gasteiger partial charge in [-0.3, -0.25) is 4.79 Å². The minimum Gasteiger partial charge on any atom is -0.481 e. The fourth-order valence-corrected chi connectivity index (χ4v) is 2.82. The molecule has 1 fully saturated rings. The SMILES string of the molecule is CSc1ccc(COC2CCC(C(=O)O)CC2)cc1. The van der Waals surface area contributed by atoms with Crippen molar-refractivity contribution in [2.75, 3.05) is 6.26 Å². The van der Waals surface area contributed by atoms with Crippen molar-refractivity contribution in [1.82, 2.24) is 0 Å². The van der Waals surface area contributed by atoms with Gasteiger partial charge in [-0.15, -0.1) is 11.8 Å². The number of aliphatic carboxylic acids is 1. The monoisotopic (exact) mass is 280 g/mol. The molecule has 3 nitrogen and oxygen atoms in total. The number of carboxylic acids is 1. The summed E-state index contributed by atoms with van der Waals surface area (Å²) in [7, 11) is 0. The Balaban J connectivity index is 1.75. The van der Waals surface area contributed by atoms with E-state index in [4.69, 9.17) is 9.84 Å². The van der Waals surface area contributed by atoms with Gasteiger partial charge in [-0.2, -0.15) is 0 Å². The van der Waals surface area contributed by atoms with E-state index in [0.717, 1.165) is 25.7 Å². The normalized spacial score (nSPS) is 23.2. The minimum atomic E-state index is -0.661. The first-order valence-corrected chi connectivity index (χ1v) is 7.89. The van der Waals surface area contributed by atoms with Crippen LogP contribution in [0.4, 0.5) is 0 Å². The molecule has 104 valence electrons. The van der Waals surface area contributed by atoms with Gasteiger partial charge in [0.2, 0.25) is 0 Å². The average molecular weight is 280 g/mol. The molecule has 4 heteroatoms. The first kappa shape index (κ1) is 14.4. The Kier molecular flexibility index (Phi) is 5.28. The van der Waals surface area contributed by atoms with Crippen LogP contribution in [0.2, 0.25) is 0 Å². The highest BCUT2D eigenvalue weighted by Crippen LogP contribution is 2.27. The summed E-state index contributed by atoms with van der Waals surface area (Å²) in [4.78, 5) is 12.1. The molecule has 1 aromatic rings. The molecular weight excluding hydrogens is 260 g/mol. The third-order valence-electron chi connectivity index (χ3n) is 3.67. The molecule has 0 aliphatic heterocycles. The lowest BCUT2D eigenvalue weighted by Gasteiger charge is -2.26. The van der Waals surface area contributed by atoms with Crippen molar-refractivity contribution in [2.45, 2.75) is 43.3 Å². The summed E-state index contributed by atoms with van der Waals surface area (Å²) in [5.74, 6) is -0.827. The van der Waals surface area contributed by atoms with Gasteiger partial charge >= 0.3 is 5.97 Å². The lowest BCUT2D eigenvalue weighted by atomic mass is 9.87. The van der Waals surface area contributed by atoms with Crippen LogP contribution in [-0.4, -0.2) is 23.4 Å². The number of rotatable bonds is 5. The van der Waals surface area contributed by atoms with E-state index in [9.17, 15) is 4.79 Å². The summed E-state index contributed by atoms with van der Waals surface area (Å²) >= 11 is 1.73. The van der Waals surface area contributed by atoms with Crippen LogP contribution in [0.1, 0.15) is 31.2 Å². The van der Waals surface area contributed by atoms with Crippen LogP contribution in [0.5, 0.6) is 0 Å². The molecule has 1 saturated carbocycles. The van der Waals surface area contributed by atoms with Gasteiger partial charge in [0.1, 0.15) is 0 Å². The minimum absolute atomic E-state index is 0.166. The number of thioether (sulfide) groups is 1. The molecule has 1 aromatic carbocycles. The molecule has 0 unspecified atom stereocenters. The quantitative estimate of drug-likeness (QED) is 0.838. The van der Waals surface area contributed by atoms with Crippen LogP contribution in [0.3, 0.4) is 0 Å². The second-order valence-electron chi connectivity index (χ2n) is 4.97. The van der Waals surface area contributed by atoms with Gasteiger partial charge in [0, 0.05) is 4.90 Å². The zero-order valence-corrected chi connectivity index (χ0v) is 12.0. The Hall–Kier alpha value is -1.00. The highest BCUT2D eigenvalue weighted by Gasteiger charge is 2.26. The molecule has 0 amide bonds. The molecule has 0 radical (unpaired) electrons. The molecule has 2 rings (SSSR count). The predicted molar refractivity (Wildman–Crippen MR) is 76.4 cm³/mol. The van der Waals surface area contributed by atoms with E-state index >= 15 is 0 Å². The smallest absolute Gasteiger partial charge is 0.306 e. The molecule has 0 saturated heterocycles. The van der Waals surface area contributed by atoms with Crippen molar-refractivity contribution in [3.8, 4) is 0 Å². The van der Waals surface area contributed by atoms with Crippen molar-refractivity contribution in [3.63, 3.8) is 0 Å². The number of benzene rings is 1. The van der Waals surface area contributed by atoms with Crippen molar-refractivity contribution >= 4 is 17.7 Å². The van der Waals surface area contributed by atoms with Crippen molar-refractivity contribution in [1.29, 1.82) is 0 Å². The lowest BCUT2D eigenvalue weighted by molar-refractivity contribution is -0.143. The Morgan fingerprint density at radius 3 is 2.42 bits per heavy atom. The van der Waals surface area contributed by atoms with Gasteiger partial charge in [0.05, 0.1) is 18.6 Å². The van der Waals surface area contributed by atoms with Gasteiger partial charge in [-0.1, -0.05) is 12.1 Å². The van der Waals surface area contributed by atoms with Gasteiger partial charge in [-0.25, -0.2) is 0 Å². The van der Waals surface area contributed by atoms with Crippen LogP contribution in [0, 0.1) is 5.92 Å². The Labute approximate surface area is 118 Å². The van der Waals surface area contributed by atoms with Gasteiger partial charge < -0.3 is 9.84 Å². The highest BCUT2D eigenvalue weighted by molar-refractivity contribution is 7.98. The molecule has 19 heavy (non-hydrogen) atoms. The van der Waals surface area contributed by atoms with Gasteiger partial charge in [-0.05, 0) is 49.6 Å². The first-order chi connectivity index (χ1) is 9.19. The van der Waals surface area contributed by atoms with Crippen LogP contribution < -0.4 is 0 Å². The van der Waals surface area contributed by atoms with E-state index in [-0.39, 0.29) is 12.0 Å². The molecule has 0 atom stereocenters. The average Bonchev–Trinajstić information content (AvgIpc) is 2.46. The van der Waals surface area contributed by atoms with Crippen LogP contribution in [-0.2, 0) is 16.1 Å². The van der Waals surface area contributed by atoms with Crippen molar-refractivity contribution < 1.29 is 14.6 Å². The second kappa shape index (κ2) is 6.96. The molecule has 1 N–H and O–H groups in total. The summed E-state index contributed by atoms with van der Waals surface area (Å²) in [6, 6.07) is 8.39. The Morgan fingerprint density at radius 1 is 1.26 bits per heavy atom. The zero-order chi connectivity index (χ0) is 13.7. The predicted octanol–water partition coefficient (Wildman–Crippen LogP) is 3.57. The molecule has 1 aliphatic carbocycles. The van der Waals surface area contributed by atoms with Gasteiger partial charge in [0.15, 0.2) is 0 Å². The van der Waals surface area contributed by atoms with Crippen LogP contribution in [0.25, 0.3) is 0 Å². The standard InChI is InChI=1S/C15H20O3S/c1-19-14-8-2-11(3-9-14)10-18-13-6-4-12(5-7-13)15(16)17/h2-3,8-9,12-13H,4-7,10H2,1H3,(H,16,17). The second-order valence-corrected chi connectivity index (χ2v) is 5.85. The summed E-state index contributed by atoms with van der Waals surface area (Å²) < 4.78 is 5.87. The third-order valence-corrected chi connectivity index (χ3v) is 4.41. The summed E-state index contributed by atoms with van der Waals surface area (Å²) in [5.41, 5.74) is 1.18. The fraction of sp³-hybridized carbons (Fsp3) is 0.533.